The van der Waals surface area contributed by atoms with Crippen molar-refractivity contribution in [2.75, 3.05) is 0 Å². The molecule has 1 unspecified atom stereocenters. The SMILES string of the molecule is C=Cc1ccc2[cH-]c3ccc(C=C)cc3c2c1.CC1=CC(C)[C-]=C1.FC(F)(F)c1cccc([C](=[Zr+2])c2cccc(C(F)(F)F)c2)c1.[Cl-].[Cl-]. The van der Waals surface area contributed by atoms with E-state index in [1.165, 1.54) is 51.4 Å². The summed E-state index contributed by atoms with van der Waals surface area (Å²) in [6.45, 7) is 11.9. The molecule has 1 aliphatic rings. The Labute approximate surface area is 304 Å². The third kappa shape index (κ3) is 10.6. The van der Waals surface area contributed by atoms with E-state index in [2.05, 4.69) is 81.6 Å². The van der Waals surface area contributed by atoms with Gasteiger partial charge in [-0.2, -0.15) is 6.08 Å². The van der Waals surface area contributed by atoms with Crippen molar-refractivity contribution in [1.29, 1.82) is 0 Å². The third-order valence-corrected chi connectivity index (χ3v) is 8.69. The largest absolute Gasteiger partial charge is 1.00 e. The smallest absolute Gasteiger partial charge is 1.00 e. The monoisotopic (exact) mass is 772 g/mol. The maximum Gasteiger partial charge on any atom is -1.00 e. The fourth-order valence-electron chi connectivity index (χ4n) is 4.91. The second-order valence-electron chi connectivity index (χ2n) is 10.8. The Morgan fingerprint density at radius 1 is 0.729 bits per heavy atom. The van der Waals surface area contributed by atoms with Crippen LogP contribution in [0.25, 0.3) is 33.7 Å². The second kappa shape index (κ2) is 17.3. The van der Waals surface area contributed by atoms with Gasteiger partial charge in [0.2, 0.25) is 0 Å². The zero-order valence-electron chi connectivity index (χ0n) is 26.0. The zero-order chi connectivity index (χ0) is 33.6. The van der Waals surface area contributed by atoms with Gasteiger partial charge in [-0.15, -0.1) is 46.7 Å². The van der Waals surface area contributed by atoms with Crippen LogP contribution in [0.2, 0.25) is 0 Å². The molecule has 5 aromatic rings. The number of hydrogen-bond acceptors (Lipinski definition) is 0. The molecule has 0 saturated carbocycles. The predicted molar refractivity (Wildman–Crippen MR) is 174 cm³/mol. The Morgan fingerprint density at radius 3 is 1.48 bits per heavy atom. The standard InChI is InChI=1S/C17H13.C15H8F6.C7H9.2ClH.Zr/c1-3-12-5-7-14-11-15-8-6-13(4-2)10-17(15)16(14)9-12;16-14(17,18)12-5-1-3-10(8-12)7-11-4-2-6-13(9-11)15(19,20)21;1-6-3-4-7(2)5-6;;;/h3-11H,1-2H2;1-6,8-9H;3,5,7H,1-2H3;2*1H;/q-1;;-1;;;+2/p-2. The van der Waals surface area contributed by atoms with Crippen LogP contribution in [0.3, 0.4) is 0 Å². The van der Waals surface area contributed by atoms with Gasteiger partial charge in [0.05, 0.1) is 0 Å². The number of hydrogen-bond donors (Lipinski definition) is 0. The second-order valence-corrected chi connectivity index (χ2v) is 12.0. The van der Waals surface area contributed by atoms with E-state index >= 15 is 0 Å². The first-order valence-electron chi connectivity index (χ1n) is 14.3. The molecule has 0 nitrogen and oxygen atoms in total. The molecule has 0 aliphatic heterocycles. The molecule has 0 saturated heterocycles. The van der Waals surface area contributed by atoms with Gasteiger partial charge in [0.1, 0.15) is 0 Å². The zero-order valence-corrected chi connectivity index (χ0v) is 30.0. The first kappa shape index (κ1) is 40.8. The minimum Gasteiger partial charge on any atom is -1.00 e. The Kier molecular flexibility index (Phi) is 14.7. The fourth-order valence-corrected chi connectivity index (χ4v) is 5.67. The van der Waals surface area contributed by atoms with Crippen molar-refractivity contribution in [3.05, 3.63) is 161 Å². The Morgan fingerprint density at radius 2 is 1.17 bits per heavy atom. The van der Waals surface area contributed by atoms with E-state index in [-0.39, 0.29) is 35.9 Å². The van der Waals surface area contributed by atoms with Crippen molar-refractivity contribution in [3.63, 3.8) is 0 Å². The summed E-state index contributed by atoms with van der Waals surface area (Å²) >= 11 is 0.729. The van der Waals surface area contributed by atoms with E-state index in [0.29, 0.717) is 9.12 Å². The van der Waals surface area contributed by atoms with Crippen LogP contribution in [0.1, 0.15) is 47.2 Å². The molecule has 6 rings (SSSR count). The van der Waals surface area contributed by atoms with Crippen molar-refractivity contribution in [2.24, 2.45) is 5.92 Å². The van der Waals surface area contributed by atoms with Gasteiger partial charge in [0.25, 0.3) is 0 Å². The van der Waals surface area contributed by atoms with Gasteiger partial charge in [-0.1, -0.05) is 62.4 Å². The summed E-state index contributed by atoms with van der Waals surface area (Å²) in [4.78, 5) is 0. The summed E-state index contributed by atoms with van der Waals surface area (Å²) in [6, 6.07) is 24.3. The number of fused-ring (bicyclic) bond motifs is 3. The molecule has 1 aliphatic carbocycles. The number of alkyl halides is 6. The normalized spacial score (nSPS) is 13.6. The van der Waals surface area contributed by atoms with Crippen LogP contribution in [0.5, 0.6) is 0 Å². The number of halogens is 8. The number of benzene rings is 4. The summed E-state index contributed by atoms with van der Waals surface area (Å²) < 4.78 is 76.7. The Bertz CT molecular complexity index is 1840. The van der Waals surface area contributed by atoms with E-state index in [1.807, 2.05) is 18.2 Å². The summed E-state index contributed by atoms with van der Waals surface area (Å²) in [5.74, 6) is 0.556. The Hall–Kier alpha value is -3.38. The minimum absolute atomic E-state index is 0. The van der Waals surface area contributed by atoms with E-state index in [9.17, 15) is 26.3 Å². The van der Waals surface area contributed by atoms with E-state index < -0.39 is 23.5 Å². The van der Waals surface area contributed by atoms with Crippen LogP contribution in [0, 0.1) is 12.0 Å². The van der Waals surface area contributed by atoms with Gasteiger partial charge in [0, 0.05) is 0 Å². The first-order valence-corrected chi connectivity index (χ1v) is 15.5. The van der Waals surface area contributed by atoms with E-state index in [0.717, 1.165) is 59.6 Å². The van der Waals surface area contributed by atoms with Crippen LogP contribution < -0.4 is 24.8 Å². The van der Waals surface area contributed by atoms with Gasteiger partial charge in [-0.3, -0.25) is 6.08 Å². The molecule has 0 bridgehead atoms. The van der Waals surface area contributed by atoms with Crippen molar-refractivity contribution in [3.8, 4) is 0 Å². The molecular formula is C39H30Cl2F6Zr-2. The van der Waals surface area contributed by atoms with Gasteiger partial charge in [0.15, 0.2) is 0 Å². The van der Waals surface area contributed by atoms with Crippen molar-refractivity contribution in [1.82, 2.24) is 0 Å². The Balaban J connectivity index is 0.000000272. The van der Waals surface area contributed by atoms with Gasteiger partial charge < -0.3 is 24.8 Å². The molecule has 0 spiro atoms. The van der Waals surface area contributed by atoms with E-state index in [4.69, 9.17) is 0 Å². The molecule has 0 N–H and O–H groups in total. The summed E-state index contributed by atoms with van der Waals surface area (Å²) in [5, 5.41) is 5.15. The summed E-state index contributed by atoms with van der Waals surface area (Å²) in [6.07, 6.45) is 2.18. The summed E-state index contributed by atoms with van der Waals surface area (Å²) in [7, 11) is 0. The van der Waals surface area contributed by atoms with Gasteiger partial charge in [-0.25, -0.2) is 11.6 Å². The number of rotatable bonds is 4. The number of allylic oxidation sites excluding steroid dienone is 4. The van der Waals surface area contributed by atoms with E-state index in [1.54, 1.807) is 0 Å². The molecule has 1 atom stereocenters. The maximum atomic E-state index is 12.7. The van der Waals surface area contributed by atoms with Crippen LogP contribution in [0.15, 0.2) is 122 Å². The molecule has 5 aromatic carbocycles. The molecule has 0 radical (unpaired) electrons. The molecule has 0 amide bonds. The van der Waals surface area contributed by atoms with Crippen molar-refractivity contribution < 1.29 is 75.4 Å². The third-order valence-electron chi connectivity index (χ3n) is 7.27. The molecule has 9 heteroatoms. The predicted octanol–water partition coefficient (Wildman–Crippen LogP) is 5.79. The molecule has 0 aromatic heterocycles. The van der Waals surface area contributed by atoms with Crippen molar-refractivity contribution in [2.45, 2.75) is 26.2 Å². The van der Waals surface area contributed by atoms with Crippen LogP contribution in [-0.4, -0.2) is 3.21 Å². The molecule has 0 heterocycles. The molecular weight excluding hydrogens is 745 g/mol. The quantitative estimate of drug-likeness (QED) is 0.161. The van der Waals surface area contributed by atoms with Gasteiger partial charge in [-0.05, 0) is 11.1 Å². The molecule has 48 heavy (non-hydrogen) atoms. The average molecular weight is 775 g/mol. The van der Waals surface area contributed by atoms with Crippen LogP contribution >= 0.6 is 0 Å². The fraction of sp³-hybridized carbons (Fsp3) is 0.128. The topological polar surface area (TPSA) is 0 Å². The summed E-state index contributed by atoms with van der Waals surface area (Å²) in [5.41, 5.74) is 2.56. The maximum absolute atomic E-state index is 12.7. The van der Waals surface area contributed by atoms with Crippen LogP contribution in [-0.2, 0) is 36.6 Å². The van der Waals surface area contributed by atoms with Gasteiger partial charge >= 0.3 is 137 Å². The molecule has 0 fully saturated rings. The minimum atomic E-state index is -4.49. The van der Waals surface area contributed by atoms with Crippen molar-refractivity contribution >= 4 is 36.9 Å². The molecule has 248 valence electrons. The first-order chi connectivity index (χ1) is 21.7. The average Bonchev–Trinajstić information content (AvgIpc) is 3.60. The van der Waals surface area contributed by atoms with Crippen LogP contribution in [0.4, 0.5) is 26.3 Å².